The number of rotatable bonds is 0. The molecule has 0 heterocycles. The zero-order valence-electron chi connectivity index (χ0n) is 2.79. The van der Waals surface area contributed by atoms with Gasteiger partial charge >= 0.3 is 64.9 Å². The summed E-state index contributed by atoms with van der Waals surface area (Å²) in [5.74, 6) is 0. The van der Waals surface area contributed by atoms with Crippen molar-refractivity contribution in [1.82, 2.24) is 0 Å². The Morgan fingerprint density at radius 1 is 1.17 bits per heavy atom. The van der Waals surface area contributed by atoms with Crippen molar-refractivity contribution in [1.29, 1.82) is 0 Å². The van der Waals surface area contributed by atoms with E-state index in [-0.39, 0.29) is 0 Å². The summed E-state index contributed by atoms with van der Waals surface area (Å²) in [6, 6.07) is 0. The summed E-state index contributed by atoms with van der Waals surface area (Å²) in [5, 5.41) is 0. The molecule has 4 heteroatoms. The van der Waals surface area contributed by atoms with E-state index in [0.29, 0.717) is 0 Å². The van der Waals surface area contributed by atoms with Crippen LogP contribution >= 0.6 is 25.3 Å². The minimum atomic E-state index is 0.759. The van der Waals surface area contributed by atoms with Gasteiger partial charge in [-0.25, -0.2) is 0 Å². The van der Waals surface area contributed by atoms with Crippen LogP contribution in [0, 0.1) is 0 Å². The molecule has 36 valence electrons. The van der Waals surface area contributed by atoms with Gasteiger partial charge in [-0.15, -0.1) is 0 Å². The molecule has 0 nitrogen and oxygen atoms in total. The number of hydrogen-bond donors (Lipinski definition) is 2. The van der Waals surface area contributed by atoms with Crippen molar-refractivity contribution in [2.45, 2.75) is 0 Å². The van der Waals surface area contributed by atoms with Gasteiger partial charge in [0.2, 0.25) is 0 Å². The second-order valence-electron chi connectivity index (χ2n) is 0.647. The van der Waals surface area contributed by atoms with E-state index in [1.165, 1.54) is 0 Å². The molecule has 0 aromatic carbocycles. The zero-order valence-corrected chi connectivity index (χ0v) is 8.33. The third kappa shape index (κ3) is 3.66. The van der Waals surface area contributed by atoms with Gasteiger partial charge in [-0.2, -0.15) is 0 Å². The molecule has 0 saturated carbocycles. The molecule has 0 aromatic rings. The van der Waals surface area contributed by atoms with E-state index in [9.17, 15) is 0 Å². The molecule has 0 atom stereocenters. The van der Waals surface area contributed by atoms with E-state index in [2.05, 4.69) is 57.3 Å². The molecule has 0 saturated heterocycles. The molecule has 0 N–H and O–H groups in total. The van der Waals surface area contributed by atoms with Crippen LogP contribution in [0.1, 0.15) is 0 Å². The maximum absolute atomic E-state index is 3.91. The van der Waals surface area contributed by atoms with Crippen LogP contribution in [0.3, 0.4) is 0 Å². The normalized spacial score (nSPS) is 8.00. The minimum absolute atomic E-state index is 0.759. The Balaban J connectivity index is 3.68. The van der Waals surface area contributed by atoms with Crippen molar-refractivity contribution in [2.24, 2.45) is 0 Å². The Labute approximate surface area is 64.6 Å². The molecule has 0 radical (unpaired) electrons. The molecule has 0 amide bonds. The van der Waals surface area contributed by atoms with E-state index < -0.39 is 0 Å². The second kappa shape index (κ2) is 3.48. The Morgan fingerprint density at radius 2 is 1.33 bits per heavy atom. The summed E-state index contributed by atoms with van der Waals surface area (Å²) >= 11 is 12.5. The van der Waals surface area contributed by atoms with E-state index >= 15 is 0 Å². The molecule has 0 fully saturated rings. The average molecular weight is 250 g/mol. The van der Waals surface area contributed by atoms with Crippen LogP contribution in [0.5, 0.6) is 0 Å². The van der Waals surface area contributed by atoms with Crippen LogP contribution in [-0.4, -0.2) is 32.0 Å². The molecule has 0 aliphatic heterocycles. The van der Waals surface area contributed by atoms with E-state index in [1.54, 1.807) is 0 Å². The summed E-state index contributed by atoms with van der Waals surface area (Å²) < 4.78 is 1.79. The summed E-state index contributed by atoms with van der Waals surface area (Å²) in [6.07, 6.45) is 0. The van der Waals surface area contributed by atoms with Gasteiger partial charge < -0.3 is 0 Å². The molecule has 0 bridgehead atoms. The topological polar surface area (TPSA) is 0 Å². The van der Waals surface area contributed by atoms with Crippen molar-refractivity contribution >= 4 is 57.3 Å². The van der Waals surface area contributed by atoms with Crippen molar-refractivity contribution in [3.63, 3.8) is 0 Å². The first-order valence-corrected chi connectivity index (χ1v) is 3.92. The van der Waals surface area contributed by atoms with Crippen LogP contribution in [0.4, 0.5) is 0 Å². The molecular weight excluding hydrogens is 246 g/mol. The van der Waals surface area contributed by atoms with Crippen molar-refractivity contribution in [3.8, 4) is 0 Å². The summed E-state index contributed by atoms with van der Waals surface area (Å²) in [6.45, 7) is 0. The fourth-order valence-corrected chi connectivity index (χ4v) is 0. The first-order valence-electron chi connectivity index (χ1n) is 1.14. The summed E-state index contributed by atoms with van der Waals surface area (Å²) in [4.78, 5) is 0. The predicted molar refractivity (Wildman–Crippen MR) is 39.3 cm³/mol. The van der Waals surface area contributed by atoms with Crippen molar-refractivity contribution < 1.29 is 0 Å². The summed E-state index contributed by atoms with van der Waals surface area (Å²) in [7, 11) is 0. The fourth-order valence-electron chi connectivity index (χ4n) is 0. The van der Waals surface area contributed by atoms with Gasteiger partial charge in [-0.3, -0.25) is 0 Å². The van der Waals surface area contributed by atoms with Crippen LogP contribution in [0.15, 0.2) is 7.61 Å². The van der Waals surface area contributed by atoms with Gasteiger partial charge in [0, 0.05) is 0 Å². The molecular formula is C2H4S2Se2. The first kappa shape index (κ1) is 7.48. The van der Waals surface area contributed by atoms with Crippen LogP contribution < -0.4 is 0 Å². The van der Waals surface area contributed by atoms with E-state index in [1.807, 2.05) is 0 Å². The SMILES string of the molecule is SC(S)=C([SeH])[SeH]. The average Bonchev–Trinajstić information content (AvgIpc) is 1.36. The fraction of sp³-hybridized carbons (Fsp3) is 0. The maximum atomic E-state index is 3.91. The van der Waals surface area contributed by atoms with Crippen molar-refractivity contribution in [3.05, 3.63) is 7.61 Å². The predicted octanol–water partition coefficient (Wildman–Crippen LogP) is -0.226. The Kier molecular flexibility index (Phi) is 4.33. The van der Waals surface area contributed by atoms with Crippen LogP contribution in [0.25, 0.3) is 0 Å². The molecule has 6 heavy (non-hydrogen) atoms. The van der Waals surface area contributed by atoms with E-state index in [0.717, 1.165) is 7.61 Å². The molecule has 0 spiro atoms. The standard InChI is InChI=1S/C2H4S2Se2/c3-1(4)2(5)6/h3-6H. The third-order valence-electron chi connectivity index (χ3n) is 0.200. The number of thiol groups is 2. The molecule has 0 unspecified atom stereocenters. The van der Waals surface area contributed by atoms with Gasteiger partial charge in [0.1, 0.15) is 0 Å². The third-order valence-corrected chi connectivity index (χ3v) is 3.12. The second-order valence-corrected chi connectivity index (χ2v) is 5.43. The van der Waals surface area contributed by atoms with Crippen LogP contribution in [0.2, 0.25) is 0 Å². The van der Waals surface area contributed by atoms with Gasteiger partial charge in [-0.05, 0) is 0 Å². The Hall–Kier alpha value is 1.48. The summed E-state index contributed by atoms with van der Waals surface area (Å²) in [5.41, 5.74) is 0. The van der Waals surface area contributed by atoms with Crippen LogP contribution in [-0.2, 0) is 0 Å². The molecule has 0 rings (SSSR count). The monoisotopic (exact) mass is 252 g/mol. The van der Waals surface area contributed by atoms with Gasteiger partial charge in [0.05, 0.1) is 0 Å². The van der Waals surface area contributed by atoms with Gasteiger partial charge in [0.15, 0.2) is 0 Å². The Morgan fingerprint density at radius 3 is 1.33 bits per heavy atom. The zero-order chi connectivity index (χ0) is 5.15. The van der Waals surface area contributed by atoms with Crippen molar-refractivity contribution in [2.75, 3.05) is 0 Å². The first-order chi connectivity index (χ1) is 2.64. The van der Waals surface area contributed by atoms with E-state index in [4.69, 9.17) is 0 Å². The quantitative estimate of drug-likeness (QED) is 0.431. The molecule has 0 aliphatic rings. The molecule has 0 aliphatic carbocycles. The molecule has 0 aromatic heterocycles. The number of hydrogen-bond acceptors (Lipinski definition) is 2. The Bertz CT molecular complexity index is 59.6. The van der Waals surface area contributed by atoms with Gasteiger partial charge in [0.25, 0.3) is 0 Å². The van der Waals surface area contributed by atoms with Gasteiger partial charge in [-0.1, -0.05) is 0 Å².